The van der Waals surface area contributed by atoms with Crippen molar-refractivity contribution in [2.24, 2.45) is 0 Å². The van der Waals surface area contributed by atoms with Gasteiger partial charge in [-0.1, -0.05) is 11.6 Å². The van der Waals surface area contributed by atoms with Crippen molar-refractivity contribution in [1.82, 2.24) is 24.6 Å². The summed E-state index contributed by atoms with van der Waals surface area (Å²) in [6, 6.07) is 3.15. The molecule has 2 aromatic rings. The Morgan fingerprint density at radius 1 is 1.19 bits per heavy atom. The van der Waals surface area contributed by atoms with Gasteiger partial charge in [0.25, 0.3) is 10.0 Å². The van der Waals surface area contributed by atoms with E-state index in [1.807, 2.05) is 0 Å². The molecule has 3 rings (SSSR count). The highest BCUT2D eigenvalue weighted by Gasteiger charge is 2.27. The summed E-state index contributed by atoms with van der Waals surface area (Å²) in [4.78, 5) is 10.7. The Morgan fingerprint density at radius 2 is 1.95 bits per heavy atom. The van der Waals surface area contributed by atoms with Crippen LogP contribution in [0.1, 0.15) is 0 Å². The minimum Gasteiger partial charge on any atom is -0.351 e. The highest BCUT2D eigenvalue weighted by Crippen LogP contribution is 2.23. The first-order valence-electron chi connectivity index (χ1n) is 6.44. The molecule has 0 atom stereocenters. The topological polar surface area (TPSA) is 91.0 Å². The van der Waals surface area contributed by atoms with Crippen LogP contribution in [0.4, 0.5) is 0 Å². The third-order valence-electron chi connectivity index (χ3n) is 3.28. The second-order valence-electron chi connectivity index (χ2n) is 4.63. The third kappa shape index (κ3) is 2.93. The van der Waals surface area contributed by atoms with Gasteiger partial charge in [0.1, 0.15) is 16.5 Å². The molecule has 1 fully saturated rings. The molecule has 3 heterocycles. The maximum atomic E-state index is 12.5. The number of rotatable bonds is 3. The lowest BCUT2D eigenvalue weighted by atomic mass is 10.2. The highest BCUT2D eigenvalue weighted by atomic mass is 35.5. The molecule has 1 aliphatic heterocycles. The normalized spacial score (nSPS) is 17.0. The minimum absolute atomic E-state index is 0.161. The van der Waals surface area contributed by atoms with Gasteiger partial charge < -0.3 is 10.3 Å². The third-order valence-corrected chi connectivity index (χ3v) is 5.32. The van der Waals surface area contributed by atoms with Gasteiger partial charge in [-0.05, 0) is 6.07 Å². The number of hydrogen-bond donors (Lipinski definition) is 2. The molecule has 9 heteroatoms. The molecule has 112 valence electrons. The van der Waals surface area contributed by atoms with E-state index in [0.29, 0.717) is 42.6 Å². The molecule has 1 aliphatic rings. The Hall–Kier alpha value is -1.48. The van der Waals surface area contributed by atoms with Crippen LogP contribution >= 0.6 is 11.6 Å². The number of piperazine rings is 1. The van der Waals surface area contributed by atoms with Crippen molar-refractivity contribution in [2.45, 2.75) is 5.03 Å². The molecule has 0 bridgehead atoms. The second-order valence-corrected chi connectivity index (χ2v) is 6.93. The van der Waals surface area contributed by atoms with Crippen molar-refractivity contribution in [3.63, 3.8) is 0 Å². The molecule has 0 aliphatic carbocycles. The standard InChI is InChI=1S/C12H14ClN5O2S/c13-11-6-10(16-8-17-11)9-5-12(15-7-9)21(19,20)18-3-1-14-2-4-18/h5-8,14-15H,1-4H2. The van der Waals surface area contributed by atoms with Crippen LogP contribution < -0.4 is 5.32 Å². The lowest BCUT2D eigenvalue weighted by Crippen LogP contribution is -2.46. The van der Waals surface area contributed by atoms with E-state index in [1.54, 1.807) is 18.3 Å². The van der Waals surface area contributed by atoms with E-state index in [-0.39, 0.29) is 5.03 Å². The van der Waals surface area contributed by atoms with Gasteiger partial charge in [-0.15, -0.1) is 0 Å². The van der Waals surface area contributed by atoms with Crippen LogP contribution in [-0.2, 0) is 10.0 Å². The van der Waals surface area contributed by atoms with Crippen molar-refractivity contribution < 1.29 is 8.42 Å². The summed E-state index contributed by atoms with van der Waals surface area (Å²) in [5.74, 6) is 0. The van der Waals surface area contributed by atoms with E-state index in [9.17, 15) is 8.42 Å². The zero-order valence-electron chi connectivity index (χ0n) is 11.1. The van der Waals surface area contributed by atoms with E-state index in [4.69, 9.17) is 11.6 Å². The SMILES string of the molecule is O=S(=O)(c1cc(-c2cc(Cl)ncn2)c[nH]1)N1CCNCC1. The monoisotopic (exact) mass is 327 g/mol. The maximum absolute atomic E-state index is 12.5. The predicted molar refractivity (Wildman–Crippen MR) is 78.5 cm³/mol. The van der Waals surface area contributed by atoms with Crippen molar-refractivity contribution in [2.75, 3.05) is 26.2 Å². The lowest BCUT2D eigenvalue weighted by molar-refractivity contribution is 0.359. The van der Waals surface area contributed by atoms with E-state index in [0.717, 1.165) is 0 Å². The number of hydrogen-bond acceptors (Lipinski definition) is 5. The van der Waals surface area contributed by atoms with Crippen molar-refractivity contribution in [3.8, 4) is 11.3 Å². The van der Waals surface area contributed by atoms with Crippen LogP contribution in [0.5, 0.6) is 0 Å². The first kappa shape index (κ1) is 14.5. The Bertz CT molecular complexity index is 740. The second kappa shape index (κ2) is 5.72. The average Bonchev–Trinajstić information content (AvgIpc) is 2.99. The Kier molecular flexibility index (Phi) is 3.94. The molecular weight excluding hydrogens is 314 g/mol. The number of halogens is 1. The van der Waals surface area contributed by atoms with Gasteiger partial charge in [-0.25, -0.2) is 18.4 Å². The van der Waals surface area contributed by atoms with Crippen LogP contribution in [-0.4, -0.2) is 53.9 Å². The summed E-state index contributed by atoms with van der Waals surface area (Å²) < 4.78 is 26.5. The summed E-state index contributed by atoms with van der Waals surface area (Å²) in [6.07, 6.45) is 2.95. The van der Waals surface area contributed by atoms with E-state index < -0.39 is 10.0 Å². The van der Waals surface area contributed by atoms with Crippen LogP contribution in [0.2, 0.25) is 5.15 Å². The molecule has 0 aromatic carbocycles. The van der Waals surface area contributed by atoms with E-state index >= 15 is 0 Å². The molecule has 0 saturated carbocycles. The Morgan fingerprint density at radius 3 is 2.67 bits per heavy atom. The van der Waals surface area contributed by atoms with Gasteiger partial charge in [0, 0.05) is 44.0 Å². The number of nitrogens with zero attached hydrogens (tertiary/aromatic N) is 3. The van der Waals surface area contributed by atoms with Gasteiger partial charge in [0.2, 0.25) is 0 Å². The Labute approximate surface area is 127 Å². The van der Waals surface area contributed by atoms with Crippen LogP contribution in [0.3, 0.4) is 0 Å². The van der Waals surface area contributed by atoms with E-state index in [2.05, 4.69) is 20.3 Å². The maximum Gasteiger partial charge on any atom is 0.258 e. The van der Waals surface area contributed by atoms with Crippen molar-refractivity contribution >= 4 is 21.6 Å². The highest BCUT2D eigenvalue weighted by molar-refractivity contribution is 7.89. The molecule has 0 amide bonds. The largest absolute Gasteiger partial charge is 0.351 e. The molecule has 21 heavy (non-hydrogen) atoms. The number of H-pyrrole nitrogens is 1. The fourth-order valence-electron chi connectivity index (χ4n) is 2.19. The molecule has 2 N–H and O–H groups in total. The van der Waals surface area contributed by atoms with Crippen LogP contribution in [0.25, 0.3) is 11.3 Å². The van der Waals surface area contributed by atoms with Crippen molar-refractivity contribution in [1.29, 1.82) is 0 Å². The van der Waals surface area contributed by atoms with Gasteiger partial charge in [0.15, 0.2) is 0 Å². The minimum atomic E-state index is -3.50. The molecule has 0 radical (unpaired) electrons. The zero-order chi connectivity index (χ0) is 14.9. The van der Waals surface area contributed by atoms with Gasteiger partial charge in [-0.3, -0.25) is 0 Å². The summed E-state index contributed by atoms with van der Waals surface area (Å²) >= 11 is 5.82. The summed E-state index contributed by atoms with van der Waals surface area (Å²) in [5, 5.41) is 3.60. The fraction of sp³-hybridized carbons (Fsp3) is 0.333. The number of aromatic amines is 1. The first-order valence-corrected chi connectivity index (χ1v) is 8.26. The molecule has 2 aromatic heterocycles. The Balaban J connectivity index is 1.90. The smallest absolute Gasteiger partial charge is 0.258 e. The lowest BCUT2D eigenvalue weighted by Gasteiger charge is -2.25. The van der Waals surface area contributed by atoms with Gasteiger partial charge in [-0.2, -0.15) is 4.31 Å². The van der Waals surface area contributed by atoms with Crippen molar-refractivity contribution in [3.05, 3.63) is 29.8 Å². The first-order chi connectivity index (χ1) is 10.1. The predicted octanol–water partition coefficient (Wildman–Crippen LogP) is 0.719. The van der Waals surface area contributed by atoms with Crippen LogP contribution in [0.15, 0.2) is 29.7 Å². The molecule has 7 nitrogen and oxygen atoms in total. The molecule has 0 spiro atoms. The fourth-order valence-corrected chi connectivity index (χ4v) is 3.76. The quantitative estimate of drug-likeness (QED) is 0.811. The van der Waals surface area contributed by atoms with Gasteiger partial charge in [0.05, 0.1) is 5.69 Å². The number of aromatic nitrogens is 3. The number of nitrogens with one attached hydrogen (secondary N) is 2. The average molecular weight is 328 g/mol. The number of sulfonamides is 1. The van der Waals surface area contributed by atoms with Gasteiger partial charge >= 0.3 is 0 Å². The summed E-state index contributed by atoms with van der Waals surface area (Å²) in [7, 11) is -3.50. The summed E-state index contributed by atoms with van der Waals surface area (Å²) in [6.45, 7) is 2.26. The van der Waals surface area contributed by atoms with E-state index in [1.165, 1.54) is 10.6 Å². The molecule has 1 saturated heterocycles. The molecule has 0 unspecified atom stereocenters. The summed E-state index contributed by atoms with van der Waals surface area (Å²) in [5.41, 5.74) is 1.24. The van der Waals surface area contributed by atoms with Crippen LogP contribution in [0, 0.1) is 0 Å². The molecular formula is C12H14ClN5O2S. The zero-order valence-corrected chi connectivity index (χ0v) is 12.7.